The van der Waals surface area contributed by atoms with Gasteiger partial charge in [0, 0.05) is 18.1 Å². The van der Waals surface area contributed by atoms with Crippen molar-refractivity contribution in [1.82, 2.24) is 4.31 Å². The molecular weight excluding hydrogens is 302 g/mol. The van der Waals surface area contributed by atoms with E-state index in [1.165, 1.54) is 16.4 Å². The van der Waals surface area contributed by atoms with Crippen LogP contribution < -0.4 is 0 Å². The van der Waals surface area contributed by atoms with Gasteiger partial charge in [0.2, 0.25) is 10.0 Å². The molecule has 0 bridgehead atoms. The van der Waals surface area contributed by atoms with Gasteiger partial charge in [0.05, 0.1) is 10.8 Å². The van der Waals surface area contributed by atoms with Gasteiger partial charge in [-0.3, -0.25) is 4.79 Å². The molecule has 0 radical (unpaired) electrons. The maximum atomic E-state index is 12.6. The third kappa shape index (κ3) is 2.68. The molecule has 1 aromatic carbocycles. The number of rotatable bonds is 3. The second kappa shape index (κ2) is 5.35. The molecule has 0 aliphatic carbocycles. The van der Waals surface area contributed by atoms with Gasteiger partial charge >= 0.3 is 5.97 Å². The van der Waals surface area contributed by atoms with Crippen molar-refractivity contribution in [3.63, 3.8) is 0 Å². The summed E-state index contributed by atoms with van der Waals surface area (Å²) in [6.45, 7) is 3.66. The molecule has 0 spiro atoms. The van der Waals surface area contributed by atoms with E-state index in [2.05, 4.69) is 0 Å². The molecule has 2 rings (SSSR count). The van der Waals surface area contributed by atoms with Crippen LogP contribution in [-0.4, -0.2) is 36.9 Å². The Labute approximate surface area is 123 Å². The normalized spacial score (nSPS) is 23.9. The van der Waals surface area contributed by atoms with Crippen LogP contribution in [-0.2, 0) is 14.8 Å². The fourth-order valence-corrected chi connectivity index (χ4v) is 4.48. The SMILES string of the molecule is Cc1cc(Cl)ccc1S(=O)(=O)N1C[C@@H](C)[C@H](C(=O)O)C1. The maximum absolute atomic E-state index is 12.6. The molecule has 5 nitrogen and oxygen atoms in total. The van der Waals surface area contributed by atoms with Crippen LogP contribution in [0, 0.1) is 18.8 Å². The van der Waals surface area contributed by atoms with Crippen molar-refractivity contribution in [3.8, 4) is 0 Å². The number of halogens is 1. The predicted molar refractivity (Wildman–Crippen MR) is 75.2 cm³/mol. The molecule has 1 aliphatic rings. The molecular formula is C13H16ClNO4S. The van der Waals surface area contributed by atoms with E-state index in [1.807, 2.05) is 0 Å². The van der Waals surface area contributed by atoms with Gasteiger partial charge in [0.15, 0.2) is 0 Å². The van der Waals surface area contributed by atoms with Gasteiger partial charge in [-0.25, -0.2) is 8.42 Å². The number of hydrogen-bond donors (Lipinski definition) is 1. The average Bonchev–Trinajstić information content (AvgIpc) is 2.71. The topological polar surface area (TPSA) is 74.7 Å². The van der Waals surface area contributed by atoms with E-state index in [-0.39, 0.29) is 23.9 Å². The number of carbonyl (C=O) groups is 1. The third-order valence-electron chi connectivity index (χ3n) is 3.65. The van der Waals surface area contributed by atoms with Crippen LogP contribution in [0.25, 0.3) is 0 Å². The molecule has 0 saturated carbocycles. The lowest BCUT2D eigenvalue weighted by Crippen LogP contribution is -2.30. The molecule has 1 heterocycles. The Morgan fingerprint density at radius 3 is 2.55 bits per heavy atom. The van der Waals surface area contributed by atoms with Crippen LogP contribution >= 0.6 is 11.6 Å². The van der Waals surface area contributed by atoms with Gasteiger partial charge in [0.25, 0.3) is 0 Å². The van der Waals surface area contributed by atoms with E-state index in [1.54, 1.807) is 19.9 Å². The average molecular weight is 318 g/mol. The molecule has 1 saturated heterocycles. The molecule has 1 fully saturated rings. The lowest BCUT2D eigenvalue weighted by Gasteiger charge is -2.17. The summed E-state index contributed by atoms with van der Waals surface area (Å²) in [4.78, 5) is 11.3. The van der Waals surface area contributed by atoms with Crippen LogP contribution in [0.3, 0.4) is 0 Å². The highest BCUT2D eigenvalue weighted by molar-refractivity contribution is 7.89. The molecule has 0 amide bonds. The Kier molecular flexibility index (Phi) is 4.09. The first kappa shape index (κ1) is 15.3. The van der Waals surface area contributed by atoms with E-state index in [0.29, 0.717) is 10.6 Å². The highest BCUT2D eigenvalue weighted by Gasteiger charge is 2.41. The fourth-order valence-electron chi connectivity index (χ4n) is 2.48. The first-order chi connectivity index (χ1) is 9.23. The van der Waals surface area contributed by atoms with Crippen molar-refractivity contribution < 1.29 is 18.3 Å². The predicted octanol–water partition coefficient (Wildman–Crippen LogP) is 1.99. The monoisotopic (exact) mass is 317 g/mol. The quantitative estimate of drug-likeness (QED) is 0.925. The molecule has 1 aromatic rings. The molecule has 1 N–H and O–H groups in total. The van der Waals surface area contributed by atoms with Crippen molar-refractivity contribution in [1.29, 1.82) is 0 Å². The van der Waals surface area contributed by atoms with Crippen molar-refractivity contribution in [2.24, 2.45) is 11.8 Å². The zero-order valence-electron chi connectivity index (χ0n) is 11.2. The number of sulfonamides is 1. The summed E-state index contributed by atoms with van der Waals surface area (Å²) in [5.74, 6) is -1.81. The van der Waals surface area contributed by atoms with Crippen LogP contribution in [0.4, 0.5) is 0 Å². The van der Waals surface area contributed by atoms with Gasteiger partial charge in [-0.1, -0.05) is 18.5 Å². The van der Waals surface area contributed by atoms with Crippen molar-refractivity contribution in [2.45, 2.75) is 18.7 Å². The Bertz CT molecular complexity index is 644. The summed E-state index contributed by atoms with van der Waals surface area (Å²) in [5.41, 5.74) is 0.559. The number of aliphatic carboxylic acids is 1. The van der Waals surface area contributed by atoms with E-state index in [4.69, 9.17) is 16.7 Å². The van der Waals surface area contributed by atoms with Gasteiger partial charge in [-0.2, -0.15) is 4.31 Å². The lowest BCUT2D eigenvalue weighted by molar-refractivity contribution is -0.142. The van der Waals surface area contributed by atoms with E-state index in [9.17, 15) is 13.2 Å². The number of hydrogen-bond acceptors (Lipinski definition) is 3. The number of carboxylic acids is 1. The minimum atomic E-state index is -3.67. The molecule has 110 valence electrons. The zero-order chi connectivity index (χ0) is 15.1. The third-order valence-corrected chi connectivity index (χ3v) is 5.88. The van der Waals surface area contributed by atoms with Crippen LogP contribution in [0.15, 0.2) is 23.1 Å². The number of carboxylic acid groups (broad SMARTS) is 1. The summed E-state index contributed by atoms with van der Waals surface area (Å²) in [6, 6.07) is 4.57. The first-order valence-corrected chi connectivity index (χ1v) is 8.04. The van der Waals surface area contributed by atoms with Crippen LogP contribution in [0.1, 0.15) is 12.5 Å². The Hall–Kier alpha value is -1.11. The number of aryl methyl sites for hydroxylation is 1. The van der Waals surface area contributed by atoms with E-state index >= 15 is 0 Å². The highest BCUT2D eigenvalue weighted by Crippen LogP contribution is 2.30. The summed E-state index contributed by atoms with van der Waals surface area (Å²) in [7, 11) is -3.67. The second-order valence-electron chi connectivity index (χ2n) is 5.15. The Balaban J connectivity index is 2.35. The van der Waals surface area contributed by atoms with Crippen LogP contribution in [0.2, 0.25) is 5.02 Å². The second-order valence-corrected chi connectivity index (χ2v) is 7.50. The highest BCUT2D eigenvalue weighted by atomic mass is 35.5. The molecule has 7 heteroatoms. The lowest BCUT2D eigenvalue weighted by atomic mass is 9.99. The first-order valence-electron chi connectivity index (χ1n) is 6.22. The van der Waals surface area contributed by atoms with Gasteiger partial charge in [-0.15, -0.1) is 0 Å². The van der Waals surface area contributed by atoms with Crippen LogP contribution in [0.5, 0.6) is 0 Å². The molecule has 0 aromatic heterocycles. The van der Waals surface area contributed by atoms with E-state index < -0.39 is 21.9 Å². The smallest absolute Gasteiger partial charge is 0.308 e. The largest absolute Gasteiger partial charge is 0.481 e. The molecule has 0 unspecified atom stereocenters. The maximum Gasteiger partial charge on any atom is 0.308 e. The van der Waals surface area contributed by atoms with Gasteiger partial charge in [-0.05, 0) is 36.6 Å². The zero-order valence-corrected chi connectivity index (χ0v) is 12.8. The molecule has 2 atom stereocenters. The van der Waals surface area contributed by atoms with E-state index in [0.717, 1.165) is 0 Å². The standard InChI is InChI=1S/C13H16ClNO4S/c1-8-5-10(14)3-4-12(8)20(18,19)15-6-9(2)11(7-15)13(16)17/h3-5,9,11H,6-7H2,1-2H3,(H,16,17)/t9-,11-/m1/s1. The summed E-state index contributed by atoms with van der Waals surface area (Å²) in [6.07, 6.45) is 0. The summed E-state index contributed by atoms with van der Waals surface area (Å²) in [5, 5.41) is 9.56. The van der Waals surface area contributed by atoms with Crippen molar-refractivity contribution in [3.05, 3.63) is 28.8 Å². The van der Waals surface area contributed by atoms with Gasteiger partial charge in [0.1, 0.15) is 0 Å². The summed E-state index contributed by atoms with van der Waals surface area (Å²) >= 11 is 5.83. The minimum Gasteiger partial charge on any atom is -0.481 e. The summed E-state index contributed by atoms with van der Waals surface area (Å²) < 4.78 is 26.4. The Morgan fingerprint density at radius 2 is 2.05 bits per heavy atom. The Morgan fingerprint density at radius 1 is 1.40 bits per heavy atom. The number of benzene rings is 1. The molecule has 1 aliphatic heterocycles. The van der Waals surface area contributed by atoms with Crippen molar-refractivity contribution in [2.75, 3.05) is 13.1 Å². The molecule has 20 heavy (non-hydrogen) atoms. The number of nitrogens with zero attached hydrogens (tertiary/aromatic N) is 1. The van der Waals surface area contributed by atoms with Gasteiger partial charge < -0.3 is 5.11 Å². The minimum absolute atomic E-state index is 0.0148. The fraction of sp³-hybridized carbons (Fsp3) is 0.462. The van der Waals surface area contributed by atoms with Crippen molar-refractivity contribution >= 4 is 27.6 Å².